The molecule has 2 heterocycles. The van der Waals surface area contributed by atoms with Gasteiger partial charge in [0.15, 0.2) is 0 Å². The summed E-state index contributed by atoms with van der Waals surface area (Å²) in [5, 5.41) is 0. The standard InChI is InChI=1S/C32H36N2O2/c1-24-9-8-14-28(19-24)29-21-30(23-34(22-29)31(35)27-12-6-3-7-13-27)32(36)33-17-15-26(16-18-33)20-25-10-4-2-5-11-25/h2-14,19,26,29-30H,15-18,20-23H2,1H3. The average molecular weight is 481 g/mol. The normalized spacial score (nSPS) is 20.8. The van der Waals surface area contributed by atoms with Crippen molar-refractivity contribution in [2.24, 2.45) is 11.8 Å². The van der Waals surface area contributed by atoms with E-state index in [0.717, 1.165) is 38.8 Å². The Bertz CT molecular complexity index is 1170. The monoisotopic (exact) mass is 480 g/mol. The van der Waals surface area contributed by atoms with E-state index in [1.54, 1.807) is 0 Å². The van der Waals surface area contributed by atoms with Crippen LogP contribution in [-0.2, 0) is 11.2 Å². The Morgan fingerprint density at radius 2 is 1.50 bits per heavy atom. The molecule has 0 radical (unpaired) electrons. The summed E-state index contributed by atoms with van der Waals surface area (Å²) in [6, 6.07) is 28.7. The highest BCUT2D eigenvalue weighted by molar-refractivity contribution is 5.94. The average Bonchev–Trinajstić information content (AvgIpc) is 2.93. The molecule has 2 amide bonds. The van der Waals surface area contributed by atoms with Crippen molar-refractivity contribution in [1.82, 2.24) is 9.80 Å². The van der Waals surface area contributed by atoms with Crippen LogP contribution in [0.5, 0.6) is 0 Å². The second kappa shape index (κ2) is 11.1. The van der Waals surface area contributed by atoms with Crippen molar-refractivity contribution in [3.63, 3.8) is 0 Å². The van der Waals surface area contributed by atoms with E-state index in [9.17, 15) is 9.59 Å². The molecule has 186 valence electrons. The van der Waals surface area contributed by atoms with Crippen LogP contribution in [0, 0.1) is 18.8 Å². The quantitative estimate of drug-likeness (QED) is 0.468. The van der Waals surface area contributed by atoms with Crippen LogP contribution in [0.25, 0.3) is 0 Å². The highest BCUT2D eigenvalue weighted by atomic mass is 16.2. The molecule has 0 N–H and O–H groups in total. The maximum Gasteiger partial charge on any atom is 0.253 e. The van der Waals surface area contributed by atoms with Gasteiger partial charge < -0.3 is 9.80 Å². The second-order valence-corrected chi connectivity index (χ2v) is 10.6. The van der Waals surface area contributed by atoms with Crippen molar-refractivity contribution >= 4 is 11.8 Å². The molecule has 3 aromatic carbocycles. The number of rotatable bonds is 5. The minimum Gasteiger partial charge on any atom is -0.342 e. The fraction of sp³-hybridized carbons (Fsp3) is 0.375. The lowest BCUT2D eigenvalue weighted by atomic mass is 9.82. The number of piperidine rings is 2. The van der Waals surface area contributed by atoms with Crippen molar-refractivity contribution in [3.05, 3.63) is 107 Å². The van der Waals surface area contributed by atoms with Gasteiger partial charge in [-0.1, -0.05) is 78.4 Å². The minimum absolute atomic E-state index is 0.0207. The zero-order valence-electron chi connectivity index (χ0n) is 21.2. The van der Waals surface area contributed by atoms with Crippen LogP contribution in [0.2, 0.25) is 0 Å². The zero-order valence-corrected chi connectivity index (χ0v) is 21.2. The van der Waals surface area contributed by atoms with Crippen molar-refractivity contribution in [3.8, 4) is 0 Å². The van der Waals surface area contributed by atoms with Crippen molar-refractivity contribution < 1.29 is 9.59 Å². The zero-order chi connectivity index (χ0) is 24.9. The number of carbonyl (C=O) groups excluding carboxylic acids is 2. The maximum atomic E-state index is 13.8. The molecule has 2 aliphatic heterocycles. The number of nitrogens with zero attached hydrogens (tertiary/aromatic N) is 2. The van der Waals surface area contributed by atoms with Gasteiger partial charge in [0.1, 0.15) is 0 Å². The van der Waals surface area contributed by atoms with E-state index in [4.69, 9.17) is 0 Å². The summed E-state index contributed by atoms with van der Waals surface area (Å²) in [6.07, 6.45) is 3.97. The van der Waals surface area contributed by atoms with Crippen LogP contribution >= 0.6 is 0 Å². The topological polar surface area (TPSA) is 40.6 Å². The fourth-order valence-corrected chi connectivity index (χ4v) is 5.94. The largest absolute Gasteiger partial charge is 0.342 e. The Kier molecular flexibility index (Phi) is 7.50. The van der Waals surface area contributed by atoms with E-state index in [0.29, 0.717) is 24.6 Å². The molecule has 0 spiro atoms. The third-order valence-electron chi connectivity index (χ3n) is 7.91. The van der Waals surface area contributed by atoms with E-state index in [1.807, 2.05) is 35.2 Å². The number of hydrogen-bond donors (Lipinski definition) is 0. The predicted octanol–water partition coefficient (Wildman–Crippen LogP) is 5.72. The lowest BCUT2D eigenvalue weighted by Gasteiger charge is -2.41. The van der Waals surface area contributed by atoms with Crippen LogP contribution in [0.1, 0.15) is 52.2 Å². The Balaban J connectivity index is 1.29. The molecule has 0 aliphatic carbocycles. The van der Waals surface area contributed by atoms with Crippen molar-refractivity contribution in [2.75, 3.05) is 26.2 Å². The van der Waals surface area contributed by atoms with E-state index in [-0.39, 0.29) is 23.7 Å². The van der Waals surface area contributed by atoms with E-state index >= 15 is 0 Å². The highest BCUT2D eigenvalue weighted by Gasteiger charge is 2.37. The molecule has 0 aromatic heterocycles. The molecule has 2 aliphatic rings. The first-order valence-electron chi connectivity index (χ1n) is 13.3. The molecule has 4 heteroatoms. The Hall–Kier alpha value is -3.40. The number of amides is 2. The Morgan fingerprint density at radius 3 is 2.19 bits per heavy atom. The molecule has 3 aromatic rings. The summed E-state index contributed by atoms with van der Waals surface area (Å²) in [5.74, 6) is 0.862. The van der Waals surface area contributed by atoms with Crippen LogP contribution in [-0.4, -0.2) is 47.8 Å². The number of aryl methyl sites for hydroxylation is 1. The van der Waals surface area contributed by atoms with Gasteiger partial charge in [-0.25, -0.2) is 0 Å². The van der Waals surface area contributed by atoms with Crippen LogP contribution in [0.4, 0.5) is 0 Å². The number of carbonyl (C=O) groups is 2. The number of benzene rings is 3. The molecular weight excluding hydrogens is 444 g/mol. The van der Waals surface area contributed by atoms with Gasteiger partial charge in [0.2, 0.25) is 5.91 Å². The van der Waals surface area contributed by atoms with Crippen LogP contribution in [0.3, 0.4) is 0 Å². The van der Waals surface area contributed by atoms with E-state index < -0.39 is 0 Å². The van der Waals surface area contributed by atoms with Gasteiger partial charge in [-0.05, 0) is 61.8 Å². The first-order valence-corrected chi connectivity index (χ1v) is 13.3. The highest BCUT2D eigenvalue weighted by Crippen LogP contribution is 2.33. The number of likely N-dealkylation sites (tertiary alicyclic amines) is 2. The van der Waals surface area contributed by atoms with Crippen molar-refractivity contribution in [1.29, 1.82) is 0 Å². The van der Waals surface area contributed by atoms with Crippen LogP contribution in [0.15, 0.2) is 84.9 Å². The van der Waals surface area contributed by atoms with Crippen LogP contribution < -0.4 is 0 Å². The lowest BCUT2D eigenvalue weighted by molar-refractivity contribution is -0.138. The van der Waals surface area contributed by atoms with E-state index in [2.05, 4.69) is 66.4 Å². The summed E-state index contributed by atoms with van der Waals surface area (Å²) in [5.41, 5.74) is 4.50. The van der Waals surface area contributed by atoms with E-state index in [1.165, 1.54) is 16.7 Å². The maximum absolute atomic E-state index is 13.8. The molecular formula is C32H36N2O2. The predicted molar refractivity (Wildman–Crippen MR) is 144 cm³/mol. The third-order valence-corrected chi connectivity index (χ3v) is 7.91. The summed E-state index contributed by atoms with van der Waals surface area (Å²) < 4.78 is 0. The summed E-state index contributed by atoms with van der Waals surface area (Å²) in [6.45, 7) is 4.88. The number of hydrogen-bond acceptors (Lipinski definition) is 2. The molecule has 5 rings (SSSR count). The van der Waals surface area contributed by atoms with Gasteiger partial charge in [0, 0.05) is 37.7 Å². The lowest BCUT2D eigenvalue weighted by Crippen LogP contribution is -2.50. The van der Waals surface area contributed by atoms with Gasteiger partial charge >= 0.3 is 0 Å². The van der Waals surface area contributed by atoms with Crippen molar-refractivity contribution in [2.45, 2.75) is 38.5 Å². The molecule has 2 fully saturated rings. The second-order valence-electron chi connectivity index (χ2n) is 10.6. The molecule has 2 unspecified atom stereocenters. The SMILES string of the molecule is Cc1cccc(C2CC(C(=O)N3CCC(Cc4ccccc4)CC3)CN(C(=O)c3ccccc3)C2)c1. The molecule has 36 heavy (non-hydrogen) atoms. The molecule has 2 atom stereocenters. The first kappa shape index (κ1) is 24.3. The first-order chi connectivity index (χ1) is 17.6. The molecule has 2 saturated heterocycles. The fourth-order valence-electron chi connectivity index (χ4n) is 5.94. The van der Waals surface area contributed by atoms with Gasteiger partial charge in [0.05, 0.1) is 5.92 Å². The summed E-state index contributed by atoms with van der Waals surface area (Å²) in [7, 11) is 0. The molecule has 0 bridgehead atoms. The Morgan fingerprint density at radius 1 is 0.806 bits per heavy atom. The van der Waals surface area contributed by atoms with Gasteiger partial charge in [-0.2, -0.15) is 0 Å². The summed E-state index contributed by atoms with van der Waals surface area (Å²) >= 11 is 0. The van der Waals surface area contributed by atoms with Gasteiger partial charge in [-0.3, -0.25) is 9.59 Å². The molecule has 0 saturated carbocycles. The summed E-state index contributed by atoms with van der Waals surface area (Å²) in [4.78, 5) is 31.1. The minimum atomic E-state index is -0.164. The smallest absolute Gasteiger partial charge is 0.253 e. The molecule has 4 nitrogen and oxygen atoms in total. The van der Waals surface area contributed by atoms with Gasteiger partial charge in [0.25, 0.3) is 5.91 Å². The third kappa shape index (κ3) is 5.70. The van der Waals surface area contributed by atoms with Gasteiger partial charge in [-0.15, -0.1) is 0 Å². The Labute approximate surface area is 214 Å².